The second-order valence-corrected chi connectivity index (χ2v) is 7.22. The van der Waals surface area contributed by atoms with Crippen LogP contribution in [0, 0.1) is 0 Å². The van der Waals surface area contributed by atoms with Gasteiger partial charge in [0.1, 0.15) is 0 Å². The van der Waals surface area contributed by atoms with Crippen LogP contribution in [0.1, 0.15) is 35.7 Å². The molecule has 2 aromatic carbocycles. The molecule has 0 saturated carbocycles. The summed E-state index contributed by atoms with van der Waals surface area (Å²) >= 11 is 0. The lowest BCUT2D eigenvalue weighted by atomic mass is 10.0. The van der Waals surface area contributed by atoms with Gasteiger partial charge in [-0.2, -0.15) is 5.10 Å². The Morgan fingerprint density at radius 3 is 2.69 bits per heavy atom. The maximum atomic E-state index is 11.3. The highest BCUT2D eigenvalue weighted by Crippen LogP contribution is 2.33. The van der Waals surface area contributed by atoms with Crippen molar-refractivity contribution in [2.24, 2.45) is 0 Å². The van der Waals surface area contributed by atoms with Crippen molar-refractivity contribution in [2.45, 2.75) is 25.4 Å². The van der Waals surface area contributed by atoms with E-state index in [9.17, 15) is 4.79 Å². The zero-order chi connectivity index (χ0) is 20.1. The van der Waals surface area contributed by atoms with Crippen molar-refractivity contribution >= 4 is 12.0 Å². The standard InChI is InChI=1S/C24H25N3O2/c1-29-24(28)14-11-19-9-12-20(13-10-19)23-8-5-17-26(23)18-22-15-16-25-27(22)21-6-3-2-4-7-21/h2-4,6-7,9-16,23H,5,8,17-18H2,1H3. The number of ether oxygens (including phenoxy) is 1. The minimum absolute atomic E-state index is 0.342. The van der Waals surface area contributed by atoms with Gasteiger partial charge in [0, 0.05) is 24.9 Å². The minimum atomic E-state index is -0.342. The highest BCUT2D eigenvalue weighted by molar-refractivity contribution is 5.86. The molecule has 3 aromatic rings. The first-order valence-corrected chi connectivity index (χ1v) is 9.93. The molecule has 1 aliphatic rings. The van der Waals surface area contributed by atoms with Crippen LogP contribution in [0.2, 0.25) is 0 Å². The van der Waals surface area contributed by atoms with Crippen LogP contribution in [-0.2, 0) is 16.1 Å². The Morgan fingerprint density at radius 2 is 1.93 bits per heavy atom. The number of benzene rings is 2. The van der Waals surface area contributed by atoms with Gasteiger partial charge in [0.25, 0.3) is 0 Å². The normalized spacial score (nSPS) is 17.1. The average Bonchev–Trinajstić information content (AvgIpc) is 3.43. The van der Waals surface area contributed by atoms with E-state index < -0.39 is 0 Å². The lowest BCUT2D eigenvalue weighted by Crippen LogP contribution is -2.24. The highest BCUT2D eigenvalue weighted by Gasteiger charge is 2.26. The topological polar surface area (TPSA) is 47.4 Å². The maximum absolute atomic E-state index is 11.3. The Bertz CT molecular complexity index is 977. The molecule has 1 unspecified atom stereocenters. The van der Waals surface area contributed by atoms with E-state index in [0.29, 0.717) is 6.04 Å². The Kier molecular flexibility index (Phi) is 5.86. The van der Waals surface area contributed by atoms with E-state index >= 15 is 0 Å². The summed E-state index contributed by atoms with van der Waals surface area (Å²) in [6.45, 7) is 1.94. The summed E-state index contributed by atoms with van der Waals surface area (Å²) < 4.78 is 6.67. The fourth-order valence-electron chi connectivity index (χ4n) is 3.91. The molecule has 0 N–H and O–H groups in total. The summed E-state index contributed by atoms with van der Waals surface area (Å²) in [5.41, 5.74) is 4.58. The van der Waals surface area contributed by atoms with Crippen LogP contribution in [0.15, 0.2) is 72.9 Å². The van der Waals surface area contributed by atoms with Gasteiger partial charge in [-0.1, -0.05) is 42.5 Å². The van der Waals surface area contributed by atoms with Gasteiger partial charge >= 0.3 is 5.97 Å². The first-order valence-electron chi connectivity index (χ1n) is 9.93. The molecule has 1 saturated heterocycles. The number of methoxy groups -OCH3 is 1. The number of carbonyl (C=O) groups is 1. The molecule has 2 heterocycles. The Morgan fingerprint density at radius 1 is 1.14 bits per heavy atom. The molecule has 4 rings (SSSR count). The highest BCUT2D eigenvalue weighted by atomic mass is 16.5. The third-order valence-corrected chi connectivity index (χ3v) is 5.38. The number of hydrogen-bond acceptors (Lipinski definition) is 4. The van der Waals surface area contributed by atoms with Crippen molar-refractivity contribution in [1.29, 1.82) is 0 Å². The Labute approximate surface area is 171 Å². The van der Waals surface area contributed by atoms with Gasteiger partial charge in [-0.15, -0.1) is 0 Å². The lowest BCUT2D eigenvalue weighted by molar-refractivity contribution is -0.134. The van der Waals surface area contributed by atoms with Gasteiger partial charge in [0.05, 0.1) is 18.5 Å². The monoisotopic (exact) mass is 387 g/mol. The molecule has 1 aliphatic heterocycles. The predicted octanol–water partition coefficient (Wildman–Crippen LogP) is 4.40. The molecule has 5 nitrogen and oxygen atoms in total. The van der Waals surface area contributed by atoms with Crippen molar-refractivity contribution < 1.29 is 9.53 Å². The Balaban J connectivity index is 1.49. The van der Waals surface area contributed by atoms with E-state index in [0.717, 1.165) is 30.8 Å². The first-order chi connectivity index (χ1) is 14.2. The fourth-order valence-corrected chi connectivity index (χ4v) is 3.91. The number of rotatable bonds is 6. The number of aromatic nitrogens is 2. The molecule has 148 valence electrons. The molecule has 1 fully saturated rings. The number of hydrogen-bond donors (Lipinski definition) is 0. The summed E-state index contributed by atoms with van der Waals surface area (Å²) in [7, 11) is 1.38. The lowest BCUT2D eigenvalue weighted by Gasteiger charge is -2.25. The second-order valence-electron chi connectivity index (χ2n) is 7.22. The smallest absolute Gasteiger partial charge is 0.330 e. The van der Waals surface area contributed by atoms with Crippen molar-refractivity contribution in [3.8, 4) is 5.69 Å². The van der Waals surface area contributed by atoms with Crippen molar-refractivity contribution in [3.05, 3.63) is 89.8 Å². The SMILES string of the molecule is COC(=O)C=Cc1ccc(C2CCCN2Cc2ccnn2-c2ccccc2)cc1. The van der Waals surface area contributed by atoms with Crippen molar-refractivity contribution in [2.75, 3.05) is 13.7 Å². The van der Waals surface area contributed by atoms with Crippen LogP contribution < -0.4 is 0 Å². The number of likely N-dealkylation sites (tertiary alicyclic amines) is 1. The second kappa shape index (κ2) is 8.88. The van der Waals surface area contributed by atoms with Crippen LogP contribution in [0.3, 0.4) is 0 Å². The van der Waals surface area contributed by atoms with E-state index in [4.69, 9.17) is 0 Å². The van der Waals surface area contributed by atoms with E-state index in [1.807, 2.05) is 29.1 Å². The van der Waals surface area contributed by atoms with E-state index in [1.165, 1.54) is 30.9 Å². The van der Waals surface area contributed by atoms with Gasteiger partial charge in [0.15, 0.2) is 0 Å². The summed E-state index contributed by atoms with van der Waals surface area (Å²) in [4.78, 5) is 13.8. The van der Waals surface area contributed by atoms with Crippen molar-refractivity contribution in [1.82, 2.24) is 14.7 Å². The maximum Gasteiger partial charge on any atom is 0.330 e. The number of carbonyl (C=O) groups excluding carboxylic acids is 1. The van der Waals surface area contributed by atoms with Gasteiger partial charge in [-0.3, -0.25) is 4.90 Å². The zero-order valence-corrected chi connectivity index (χ0v) is 16.6. The fraction of sp³-hybridized carbons (Fsp3) is 0.250. The summed E-state index contributed by atoms with van der Waals surface area (Å²) in [5, 5.41) is 4.52. The Hall–Kier alpha value is -3.18. The quantitative estimate of drug-likeness (QED) is 0.465. The minimum Gasteiger partial charge on any atom is -0.466 e. The molecular formula is C24H25N3O2. The summed E-state index contributed by atoms with van der Waals surface area (Å²) in [6.07, 6.45) is 7.43. The molecule has 0 spiro atoms. The van der Waals surface area contributed by atoms with Gasteiger partial charge in [0.2, 0.25) is 0 Å². The van der Waals surface area contributed by atoms with Crippen LogP contribution in [-0.4, -0.2) is 34.3 Å². The van der Waals surface area contributed by atoms with Crippen LogP contribution >= 0.6 is 0 Å². The molecule has 1 atom stereocenters. The predicted molar refractivity (Wildman–Crippen MR) is 113 cm³/mol. The largest absolute Gasteiger partial charge is 0.466 e. The molecule has 0 aliphatic carbocycles. The number of esters is 1. The third-order valence-electron chi connectivity index (χ3n) is 5.38. The van der Waals surface area contributed by atoms with E-state index in [-0.39, 0.29) is 5.97 Å². The van der Waals surface area contributed by atoms with Crippen LogP contribution in [0.4, 0.5) is 0 Å². The molecule has 1 aromatic heterocycles. The number of nitrogens with zero attached hydrogens (tertiary/aromatic N) is 3. The van der Waals surface area contributed by atoms with E-state index in [2.05, 4.69) is 57.2 Å². The van der Waals surface area contributed by atoms with Crippen LogP contribution in [0.25, 0.3) is 11.8 Å². The van der Waals surface area contributed by atoms with Crippen molar-refractivity contribution in [3.63, 3.8) is 0 Å². The van der Waals surface area contributed by atoms with Gasteiger partial charge < -0.3 is 4.74 Å². The molecule has 0 bridgehead atoms. The average molecular weight is 387 g/mol. The van der Waals surface area contributed by atoms with Gasteiger partial charge in [-0.25, -0.2) is 9.48 Å². The first kappa shape index (κ1) is 19.2. The molecule has 5 heteroatoms. The third kappa shape index (κ3) is 4.46. The molecule has 0 radical (unpaired) electrons. The molecular weight excluding hydrogens is 362 g/mol. The summed E-state index contributed by atoms with van der Waals surface area (Å²) in [6, 6.07) is 21.2. The summed E-state index contributed by atoms with van der Waals surface area (Å²) in [5.74, 6) is -0.342. The van der Waals surface area contributed by atoms with Gasteiger partial charge in [-0.05, 0) is 54.8 Å². The molecule has 0 amide bonds. The van der Waals surface area contributed by atoms with Crippen LogP contribution in [0.5, 0.6) is 0 Å². The zero-order valence-electron chi connectivity index (χ0n) is 16.6. The molecule has 29 heavy (non-hydrogen) atoms. The number of para-hydroxylation sites is 1. The van der Waals surface area contributed by atoms with E-state index in [1.54, 1.807) is 6.08 Å².